The second-order valence-electron chi connectivity index (χ2n) is 5.88. The first-order valence-corrected chi connectivity index (χ1v) is 8.77. The second-order valence-corrected chi connectivity index (χ2v) is 7.10. The van der Waals surface area contributed by atoms with Crippen LogP contribution in [0, 0.1) is 25.2 Å². The van der Waals surface area contributed by atoms with Crippen molar-refractivity contribution in [2.24, 2.45) is 0 Å². The van der Waals surface area contributed by atoms with E-state index in [4.69, 9.17) is 4.74 Å². The highest BCUT2D eigenvalue weighted by molar-refractivity contribution is 7.16. The molecule has 0 saturated carbocycles. The van der Waals surface area contributed by atoms with Crippen molar-refractivity contribution in [2.45, 2.75) is 27.4 Å². The Labute approximate surface area is 154 Å². The highest BCUT2D eigenvalue weighted by atomic mass is 32.1. The molecule has 3 rings (SSSR count). The van der Waals surface area contributed by atoms with Gasteiger partial charge in [0.2, 0.25) is 5.91 Å². The zero-order valence-corrected chi connectivity index (χ0v) is 15.4. The van der Waals surface area contributed by atoms with Crippen LogP contribution >= 0.6 is 11.3 Å². The summed E-state index contributed by atoms with van der Waals surface area (Å²) in [7, 11) is 0. The van der Waals surface area contributed by atoms with Crippen LogP contribution < -0.4 is 5.32 Å². The molecule has 0 saturated heterocycles. The Kier molecular flexibility index (Phi) is 4.78. The molecule has 0 bridgehead atoms. The number of fused-ring (bicyclic) bond motifs is 1. The lowest BCUT2D eigenvalue weighted by molar-refractivity contribution is -0.114. The summed E-state index contributed by atoms with van der Waals surface area (Å²) >= 11 is 1.34. The first kappa shape index (κ1) is 17.7. The average molecular weight is 367 g/mol. The van der Waals surface area contributed by atoms with E-state index in [1.807, 2.05) is 42.6 Å². The quantitative estimate of drug-likeness (QED) is 0.711. The zero-order valence-electron chi connectivity index (χ0n) is 14.6. The predicted molar refractivity (Wildman–Crippen MR) is 99.3 cm³/mol. The molecule has 7 heteroatoms. The monoisotopic (exact) mass is 367 g/mol. The van der Waals surface area contributed by atoms with Gasteiger partial charge in [0.25, 0.3) is 0 Å². The summed E-state index contributed by atoms with van der Waals surface area (Å²) in [4.78, 5) is 24.9. The number of aryl methyl sites for hydroxylation is 1. The Morgan fingerprint density at radius 2 is 2.12 bits per heavy atom. The number of anilines is 1. The van der Waals surface area contributed by atoms with Crippen molar-refractivity contribution >= 4 is 33.7 Å². The normalized spacial score (nSPS) is 10.5. The smallest absolute Gasteiger partial charge is 0.341 e. The van der Waals surface area contributed by atoms with E-state index in [0.29, 0.717) is 21.7 Å². The summed E-state index contributed by atoms with van der Waals surface area (Å²) in [5.41, 5.74) is 3.04. The predicted octanol–water partition coefficient (Wildman–Crippen LogP) is 3.80. The van der Waals surface area contributed by atoms with Gasteiger partial charge >= 0.3 is 5.97 Å². The fourth-order valence-electron chi connectivity index (χ4n) is 2.75. The van der Waals surface area contributed by atoms with Crippen molar-refractivity contribution in [1.82, 2.24) is 4.40 Å². The lowest BCUT2D eigenvalue weighted by Gasteiger charge is -2.07. The molecule has 0 spiro atoms. The summed E-state index contributed by atoms with van der Waals surface area (Å²) in [6.07, 6.45) is 3.62. The van der Waals surface area contributed by atoms with Crippen LogP contribution in [0.4, 0.5) is 5.00 Å². The van der Waals surface area contributed by atoms with Crippen LogP contribution in [0.5, 0.6) is 0 Å². The maximum absolute atomic E-state index is 12.6. The molecule has 0 radical (unpaired) electrons. The molecule has 3 aromatic heterocycles. The number of nitrogens with one attached hydrogen (secondary N) is 1. The van der Waals surface area contributed by atoms with Crippen LogP contribution in [0.25, 0.3) is 5.52 Å². The number of rotatable bonds is 4. The van der Waals surface area contributed by atoms with Crippen LogP contribution in [-0.4, -0.2) is 16.3 Å². The van der Waals surface area contributed by atoms with Crippen molar-refractivity contribution in [1.29, 1.82) is 5.26 Å². The molecule has 0 atom stereocenters. The van der Waals surface area contributed by atoms with E-state index >= 15 is 0 Å². The molecule has 1 amide bonds. The van der Waals surface area contributed by atoms with Gasteiger partial charge in [-0.1, -0.05) is 6.07 Å². The lowest BCUT2D eigenvalue weighted by Crippen LogP contribution is -2.12. The van der Waals surface area contributed by atoms with E-state index < -0.39 is 5.97 Å². The van der Waals surface area contributed by atoms with Crippen molar-refractivity contribution in [3.05, 3.63) is 57.7 Å². The molecule has 6 nitrogen and oxygen atoms in total. The number of amides is 1. The molecule has 0 unspecified atom stereocenters. The summed E-state index contributed by atoms with van der Waals surface area (Å²) < 4.78 is 7.28. The Morgan fingerprint density at radius 1 is 1.35 bits per heavy atom. The van der Waals surface area contributed by atoms with E-state index in [1.165, 1.54) is 18.3 Å². The Balaban J connectivity index is 1.86. The number of hydrogen-bond acceptors (Lipinski definition) is 5. The molecule has 1 N–H and O–H groups in total. The first-order valence-electron chi connectivity index (χ1n) is 7.95. The second kappa shape index (κ2) is 7.02. The minimum Gasteiger partial charge on any atom is -0.457 e. The number of nitrogens with zero attached hydrogens (tertiary/aromatic N) is 2. The number of nitriles is 1. The first-order chi connectivity index (χ1) is 12.4. The number of ether oxygens (including phenoxy) is 1. The molecule has 0 aliphatic rings. The Morgan fingerprint density at radius 3 is 2.81 bits per heavy atom. The van der Waals surface area contributed by atoms with Crippen LogP contribution in [0.1, 0.15) is 38.8 Å². The largest absolute Gasteiger partial charge is 0.457 e. The fourth-order valence-corrected chi connectivity index (χ4v) is 3.85. The van der Waals surface area contributed by atoms with Gasteiger partial charge in [-0.3, -0.25) is 4.79 Å². The Bertz CT molecular complexity index is 1060. The van der Waals surface area contributed by atoms with Gasteiger partial charge in [0.1, 0.15) is 17.7 Å². The van der Waals surface area contributed by atoms with Gasteiger partial charge in [-0.15, -0.1) is 11.3 Å². The minimum atomic E-state index is -0.519. The molecule has 3 heterocycles. The zero-order chi connectivity index (χ0) is 18.8. The van der Waals surface area contributed by atoms with E-state index in [0.717, 1.165) is 16.0 Å². The molecule has 132 valence electrons. The van der Waals surface area contributed by atoms with E-state index in [9.17, 15) is 14.9 Å². The Hall–Kier alpha value is -3.11. The SMILES string of the molecule is CC(=O)Nc1sc(C)c(C)c1C(=O)OCc1cn2ccccc2c1C#N. The topological polar surface area (TPSA) is 83.6 Å². The molecule has 0 fully saturated rings. The minimum absolute atomic E-state index is 0.0166. The third-order valence-electron chi connectivity index (χ3n) is 4.11. The molecule has 0 aliphatic carbocycles. The summed E-state index contributed by atoms with van der Waals surface area (Å²) in [5, 5.41) is 12.6. The molecular formula is C19H17N3O3S. The lowest BCUT2D eigenvalue weighted by atomic mass is 10.1. The molecular weight excluding hydrogens is 350 g/mol. The summed E-state index contributed by atoms with van der Waals surface area (Å²) in [6.45, 7) is 5.08. The molecule has 0 aliphatic heterocycles. The van der Waals surface area contributed by atoms with Gasteiger partial charge in [-0.25, -0.2) is 4.79 Å². The highest BCUT2D eigenvalue weighted by Gasteiger charge is 2.22. The number of pyridine rings is 1. The summed E-state index contributed by atoms with van der Waals surface area (Å²) in [5.74, 6) is -0.763. The average Bonchev–Trinajstić information content (AvgIpc) is 3.09. The van der Waals surface area contributed by atoms with Crippen molar-refractivity contribution in [2.75, 3.05) is 5.32 Å². The third-order valence-corrected chi connectivity index (χ3v) is 5.23. The van der Waals surface area contributed by atoms with Crippen molar-refractivity contribution in [3.8, 4) is 6.07 Å². The highest BCUT2D eigenvalue weighted by Crippen LogP contribution is 2.33. The number of esters is 1. The van der Waals surface area contributed by atoms with Crippen molar-refractivity contribution < 1.29 is 14.3 Å². The summed E-state index contributed by atoms with van der Waals surface area (Å²) in [6, 6.07) is 7.72. The van der Waals surface area contributed by atoms with E-state index in [1.54, 1.807) is 6.20 Å². The van der Waals surface area contributed by atoms with E-state index in [2.05, 4.69) is 11.4 Å². The van der Waals surface area contributed by atoms with Crippen LogP contribution in [0.2, 0.25) is 0 Å². The van der Waals surface area contributed by atoms with Gasteiger partial charge < -0.3 is 14.5 Å². The number of thiophene rings is 1. The number of aromatic nitrogens is 1. The van der Waals surface area contributed by atoms with E-state index in [-0.39, 0.29) is 12.5 Å². The number of hydrogen-bond donors (Lipinski definition) is 1. The molecule has 26 heavy (non-hydrogen) atoms. The number of carbonyl (C=O) groups is 2. The molecule has 3 aromatic rings. The van der Waals surface area contributed by atoms with Gasteiger partial charge in [0.15, 0.2) is 0 Å². The van der Waals surface area contributed by atoms with Crippen LogP contribution in [0.3, 0.4) is 0 Å². The van der Waals surface area contributed by atoms with Crippen LogP contribution in [0.15, 0.2) is 30.6 Å². The molecule has 0 aromatic carbocycles. The van der Waals surface area contributed by atoms with Gasteiger partial charge in [0.05, 0.1) is 16.6 Å². The fraction of sp³-hybridized carbons (Fsp3) is 0.211. The standard InChI is InChI=1S/C19H17N3O3S/c1-11-12(2)26-18(21-13(3)23)17(11)19(24)25-10-14-9-22-7-5-4-6-16(22)15(14)8-20/h4-7,9H,10H2,1-3H3,(H,21,23). The van der Waals surface area contributed by atoms with Crippen LogP contribution in [-0.2, 0) is 16.1 Å². The number of carbonyl (C=O) groups excluding carboxylic acids is 2. The maximum atomic E-state index is 12.6. The van der Waals surface area contributed by atoms with Crippen molar-refractivity contribution in [3.63, 3.8) is 0 Å². The van der Waals surface area contributed by atoms with Gasteiger partial charge in [-0.05, 0) is 31.5 Å². The van der Waals surface area contributed by atoms with Gasteiger partial charge in [-0.2, -0.15) is 5.26 Å². The third kappa shape index (κ3) is 3.19. The maximum Gasteiger partial charge on any atom is 0.341 e. The van der Waals surface area contributed by atoms with Gasteiger partial charge in [0, 0.05) is 29.8 Å².